The summed E-state index contributed by atoms with van der Waals surface area (Å²) in [5.74, 6) is -0.496. The van der Waals surface area contributed by atoms with E-state index in [-0.39, 0.29) is 47.3 Å². The van der Waals surface area contributed by atoms with E-state index in [1.807, 2.05) is 13.8 Å². The standard InChI is InChI=1S/C26H33N7O4/c1-15(2)31-24(35)16(3)11-20(34)5-4-10-28-25(36)17-6-8-18(9-7-17)29-13-19-14-30-21-12-22(27)33-26(37)23(21)32-19/h6-9,12,14-16,29H,4-5,10-11,13H2,1-3H3,(H,28,36)(H,31,35)(H3,27,33,37)/t16-/m1/s1. The number of rotatable bonds is 12. The molecule has 0 aliphatic carbocycles. The second-order valence-corrected chi connectivity index (χ2v) is 9.25. The van der Waals surface area contributed by atoms with Gasteiger partial charge in [0, 0.05) is 48.7 Å². The number of aromatic amines is 1. The number of ketones is 1. The number of amides is 2. The van der Waals surface area contributed by atoms with Gasteiger partial charge in [0.15, 0.2) is 5.52 Å². The number of nitrogens with two attached hydrogens (primary N) is 1. The first-order valence-corrected chi connectivity index (χ1v) is 12.2. The number of benzene rings is 1. The highest BCUT2D eigenvalue weighted by atomic mass is 16.2. The summed E-state index contributed by atoms with van der Waals surface area (Å²) in [4.78, 5) is 59.5. The zero-order valence-corrected chi connectivity index (χ0v) is 21.3. The monoisotopic (exact) mass is 507 g/mol. The third-order valence-electron chi connectivity index (χ3n) is 5.57. The first-order chi connectivity index (χ1) is 17.6. The third kappa shape index (κ3) is 8.13. The van der Waals surface area contributed by atoms with Gasteiger partial charge in [-0.25, -0.2) is 4.98 Å². The Kier molecular flexibility index (Phi) is 9.31. The summed E-state index contributed by atoms with van der Waals surface area (Å²) >= 11 is 0. The average molecular weight is 508 g/mol. The van der Waals surface area contributed by atoms with Crippen LogP contribution in [-0.2, 0) is 16.1 Å². The predicted octanol–water partition coefficient (Wildman–Crippen LogP) is 2.14. The van der Waals surface area contributed by atoms with Crippen LogP contribution in [0.3, 0.4) is 0 Å². The number of hydrogen-bond acceptors (Lipinski definition) is 8. The van der Waals surface area contributed by atoms with E-state index in [0.717, 1.165) is 5.69 Å². The highest BCUT2D eigenvalue weighted by Crippen LogP contribution is 2.13. The van der Waals surface area contributed by atoms with Crippen molar-refractivity contribution in [1.29, 1.82) is 0 Å². The number of Topliss-reactive ketones (excluding diaryl/α,β-unsaturated/α-hetero) is 1. The number of carbonyl (C=O) groups is 3. The lowest BCUT2D eigenvalue weighted by molar-refractivity contribution is -0.129. The molecule has 2 amide bonds. The van der Waals surface area contributed by atoms with Crippen LogP contribution in [0.2, 0.25) is 0 Å². The molecule has 11 nitrogen and oxygen atoms in total. The van der Waals surface area contributed by atoms with Gasteiger partial charge >= 0.3 is 0 Å². The van der Waals surface area contributed by atoms with Crippen molar-refractivity contribution in [2.75, 3.05) is 17.6 Å². The number of nitrogen functional groups attached to an aromatic ring is 1. The molecule has 0 spiro atoms. The van der Waals surface area contributed by atoms with E-state index < -0.39 is 5.56 Å². The molecule has 3 rings (SSSR count). The number of anilines is 2. The van der Waals surface area contributed by atoms with Crippen molar-refractivity contribution >= 4 is 40.1 Å². The second-order valence-electron chi connectivity index (χ2n) is 9.25. The number of aromatic nitrogens is 3. The van der Waals surface area contributed by atoms with Gasteiger partial charge in [-0.15, -0.1) is 0 Å². The van der Waals surface area contributed by atoms with Gasteiger partial charge in [0.2, 0.25) is 5.91 Å². The lowest BCUT2D eigenvalue weighted by atomic mass is 10.0. The molecule has 0 unspecified atom stereocenters. The van der Waals surface area contributed by atoms with Crippen molar-refractivity contribution in [3.05, 3.63) is 58.1 Å². The van der Waals surface area contributed by atoms with Gasteiger partial charge < -0.3 is 26.7 Å². The summed E-state index contributed by atoms with van der Waals surface area (Å²) in [6.45, 7) is 6.19. The number of nitrogens with zero attached hydrogens (tertiary/aromatic N) is 2. The summed E-state index contributed by atoms with van der Waals surface area (Å²) in [7, 11) is 0. The second kappa shape index (κ2) is 12.6. The van der Waals surface area contributed by atoms with Crippen molar-refractivity contribution < 1.29 is 14.4 Å². The van der Waals surface area contributed by atoms with Crippen LogP contribution in [-0.4, -0.2) is 45.1 Å². The van der Waals surface area contributed by atoms with E-state index in [0.29, 0.717) is 42.7 Å². The molecule has 3 aromatic rings. The van der Waals surface area contributed by atoms with Crippen LogP contribution in [0.15, 0.2) is 41.3 Å². The molecule has 2 heterocycles. The Morgan fingerprint density at radius 3 is 2.54 bits per heavy atom. The Labute approximate surface area is 214 Å². The maximum Gasteiger partial charge on any atom is 0.277 e. The van der Waals surface area contributed by atoms with Crippen LogP contribution in [0.25, 0.3) is 11.0 Å². The van der Waals surface area contributed by atoms with Gasteiger partial charge in [-0.2, -0.15) is 0 Å². The molecule has 0 saturated carbocycles. The normalized spacial score (nSPS) is 11.8. The highest BCUT2D eigenvalue weighted by Gasteiger charge is 2.17. The molecule has 0 fully saturated rings. The van der Waals surface area contributed by atoms with Crippen LogP contribution < -0.4 is 27.2 Å². The minimum Gasteiger partial charge on any atom is -0.385 e. The minimum atomic E-state index is -0.396. The van der Waals surface area contributed by atoms with Gasteiger partial charge in [-0.1, -0.05) is 6.92 Å². The molecule has 196 valence electrons. The zero-order chi connectivity index (χ0) is 26.9. The highest BCUT2D eigenvalue weighted by molar-refractivity contribution is 5.94. The summed E-state index contributed by atoms with van der Waals surface area (Å²) in [6.07, 6.45) is 2.57. The quantitative estimate of drug-likeness (QED) is 0.232. The number of carbonyl (C=O) groups excluding carboxylic acids is 3. The SMILES string of the molecule is CC(C)NC(=O)[C@H](C)CC(=O)CCCNC(=O)c1ccc(NCc2cnc3cc(N)[nH]c(=O)c3n2)cc1. The van der Waals surface area contributed by atoms with Crippen molar-refractivity contribution in [3.8, 4) is 0 Å². The van der Waals surface area contributed by atoms with Crippen molar-refractivity contribution in [2.24, 2.45) is 5.92 Å². The third-order valence-corrected chi connectivity index (χ3v) is 5.57. The Balaban J connectivity index is 1.41. The Hall–Kier alpha value is -4.28. The first-order valence-electron chi connectivity index (χ1n) is 12.2. The fourth-order valence-electron chi connectivity index (χ4n) is 3.65. The summed E-state index contributed by atoms with van der Waals surface area (Å²) in [6, 6.07) is 8.51. The molecule has 0 saturated heterocycles. The molecule has 1 aromatic carbocycles. The van der Waals surface area contributed by atoms with Crippen molar-refractivity contribution in [3.63, 3.8) is 0 Å². The number of H-pyrrole nitrogens is 1. The maximum atomic E-state index is 12.4. The van der Waals surface area contributed by atoms with Crippen LogP contribution in [0, 0.1) is 5.92 Å². The van der Waals surface area contributed by atoms with Crippen LogP contribution >= 0.6 is 0 Å². The first kappa shape index (κ1) is 27.3. The van der Waals surface area contributed by atoms with Crippen LogP contribution in [0.1, 0.15) is 56.1 Å². The van der Waals surface area contributed by atoms with E-state index in [1.165, 1.54) is 0 Å². The number of hydrogen-bond donors (Lipinski definition) is 5. The predicted molar refractivity (Wildman–Crippen MR) is 142 cm³/mol. The van der Waals surface area contributed by atoms with Crippen molar-refractivity contribution in [2.45, 2.75) is 52.6 Å². The molecular weight excluding hydrogens is 474 g/mol. The smallest absolute Gasteiger partial charge is 0.277 e. The maximum absolute atomic E-state index is 12.4. The summed E-state index contributed by atoms with van der Waals surface area (Å²) in [5, 5.41) is 8.80. The van der Waals surface area contributed by atoms with Gasteiger partial charge in [0.25, 0.3) is 11.5 Å². The Bertz CT molecular complexity index is 1320. The molecule has 1 atom stereocenters. The van der Waals surface area contributed by atoms with Crippen molar-refractivity contribution in [1.82, 2.24) is 25.6 Å². The summed E-state index contributed by atoms with van der Waals surface area (Å²) in [5.41, 5.74) is 7.71. The lowest BCUT2D eigenvalue weighted by Crippen LogP contribution is -2.35. The Morgan fingerprint density at radius 2 is 1.84 bits per heavy atom. The lowest BCUT2D eigenvalue weighted by Gasteiger charge is -2.14. The number of fused-ring (bicyclic) bond motifs is 1. The molecular formula is C26H33N7O4. The average Bonchev–Trinajstić information content (AvgIpc) is 2.85. The fourth-order valence-corrected chi connectivity index (χ4v) is 3.65. The molecule has 0 bridgehead atoms. The van der Waals surface area contributed by atoms with Gasteiger partial charge in [-0.3, -0.25) is 24.2 Å². The van der Waals surface area contributed by atoms with E-state index in [9.17, 15) is 19.2 Å². The summed E-state index contributed by atoms with van der Waals surface area (Å²) < 4.78 is 0. The molecule has 0 radical (unpaired) electrons. The van der Waals surface area contributed by atoms with Gasteiger partial charge in [-0.05, 0) is 44.5 Å². The molecule has 11 heteroatoms. The number of nitrogens with one attached hydrogen (secondary N) is 4. The molecule has 6 N–H and O–H groups in total. The molecule has 0 aliphatic heterocycles. The van der Waals surface area contributed by atoms with E-state index in [2.05, 4.69) is 30.9 Å². The molecule has 37 heavy (non-hydrogen) atoms. The number of pyridine rings is 1. The van der Waals surface area contributed by atoms with E-state index in [1.54, 1.807) is 43.5 Å². The Morgan fingerprint density at radius 1 is 1.11 bits per heavy atom. The van der Waals surface area contributed by atoms with Gasteiger partial charge in [0.05, 0.1) is 24.0 Å². The molecule has 0 aliphatic rings. The zero-order valence-electron chi connectivity index (χ0n) is 21.3. The molecule has 2 aromatic heterocycles. The minimum absolute atomic E-state index is 0.000855. The topological polar surface area (TPSA) is 172 Å². The van der Waals surface area contributed by atoms with E-state index in [4.69, 9.17) is 5.73 Å². The van der Waals surface area contributed by atoms with Gasteiger partial charge in [0.1, 0.15) is 11.6 Å². The van der Waals surface area contributed by atoms with Crippen LogP contribution in [0.4, 0.5) is 11.5 Å². The fraction of sp³-hybridized carbons (Fsp3) is 0.385. The van der Waals surface area contributed by atoms with E-state index >= 15 is 0 Å². The largest absolute Gasteiger partial charge is 0.385 e. The van der Waals surface area contributed by atoms with Crippen LogP contribution in [0.5, 0.6) is 0 Å².